The summed E-state index contributed by atoms with van der Waals surface area (Å²) < 4.78 is 5.37. The van der Waals surface area contributed by atoms with E-state index in [1.165, 1.54) is 0 Å². The summed E-state index contributed by atoms with van der Waals surface area (Å²) in [5.41, 5.74) is 2.59. The Morgan fingerprint density at radius 3 is 2.42 bits per heavy atom. The van der Waals surface area contributed by atoms with Crippen LogP contribution < -0.4 is 5.32 Å². The number of oxazole rings is 1. The minimum Gasteiger partial charge on any atom is -0.508 e. The molecule has 1 heterocycles. The largest absolute Gasteiger partial charge is 0.508 e. The first-order chi connectivity index (χ1) is 9.31. The van der Waals surface area contributed by atoms with Crippen molar-refractivity contribution in [3.63, 3.8) is 0 Å². The quantitative estimate of drug-likeness (QED) is 0.696. The zero-order valence-corrected chi connectivity index (χ0v) is 10.1. The van der Waals surface area contributed by atoms with Crippen molar-refractivity contribution in [1.82, 2.24) is 4.98 Å². The zero-order valence-electron chi connectivity index (χ0n) is 10.1. The number of phenols is 1. The van der Waals surface area contributed by atoms with Gasteiger partial charge in [-0.2, -0.15) is 4.98 Å². The van der Waals surface area contributed by atoms with Gasteiger partial charge < -0.3 is 14.8 Å². The first-order valence-electron chi connectivity index (χ1n) is 5.88. The Morgan fingerprint density at radius 1 is 0.947 bits per heavy atom. The summed E-state index contributed by atoms with van der Waals surface area (Å²) >= 11 is 0. The molecule has 2 aromatic carbocycles. The molecule has 4 nitrogen and oxygen atoms in total. The maximum absolute atomic E-state index is 9.21. The second-order valence-electron chi connectivity index (χ2n) is 4.08. The van der Waals surface area contributed by atoms with Gasteiger partial charge in [0.1, 0.15) is 17.7 Å². The maximum Gasteiger partial charge on any atom is 0.299 e. The number of phenolic OH excluding ortho intramolecular Hbond substituents is 1. The second kappa shape index (κ2) is 4.86. The van der Waals surface area contributed by atoms with Gasteiger partial charge in [-0.1, -0.05) is 30.3 Å². The molecule has 0 atom stereocenters. The van der Waals surface area contributed by atoms with E-state index in [0.29, 0.717) is 6.01 Å². The average Bonchev–Trinajstić information content (AvgIpc) is 2.91. The first kappa shape index (κ1) is 11.3. The normalized spacial score (nSPS) is 10.3. The van der Waals surface area contributed by atoms with Crippen molar-refractivity contribution in [3.8, 4) is 17.0 Å². The van der Waals surface area contributed by atoms with Gasteiger partial charge in [0.25, 0.3) is 6.01 Å². The Kier molecular flexibility index (Phi) is 2.90. The summed E-state index contributed by atoms with van der Waals surface area (Å²) in [7, 11) is 0. The molecule has 0 unspecified atom stereocenters. The molecular weight excluding hydrogens is 240 g/mol. The molecule has 1 aromatic heterocycles. The Hall–Kier alpha value is -2.75. The number of rotatable bonds is 3. The Bertz CT molecular complexity index is 660. The topological polar surface area (TPSA) is 58.3 Å². The Labute approximate surface area is 110 Å². The number of nitrogens with zero attached hydrogens (tertiary/aromatic N) is 1. The summed E-state index contributed by atoms with van der Waals surface area (Å²) in [6.45, 7) is 0. The highest BCUT2D eigenvalue weighted by Crippen LogP contribution is 2.23. The minimum atomic E-state index is 0.225. The van der Waals surface area contributed by atoms with Gasteiger partial charge in [0.2, 0.25) is 0 Å². The van der Waals surface area contributed by atoms with E-state index < -0.39 is 0 Å². The van der Waals surface area contributed by atoms with Crippen molar-refractivity contribution < 1.29 is 9.52 Å². The van der Waals surface area contributed by atoms with Gasteiger partial charge in [0.05, 0.1) is 0 Å². The van der Waals surface area contributed by atoms with Crippen LogP contribution >= 0.6 is 0 Å². The van der Waals surface area contributed by atoms with Gasteiger partial charge >= 0.3 is 0 Å². The van der Waals surface area contributed by atoms with Gasteiger partial charge in [-0.25, -0.2) is 0 Å². The number of anilines is 2. The average molecular weight is 252 g/mol. The maximum atomic E-state index is 9.21. The van der Waals surface area contributed by atoms with Gasteiger partial charge in [0, 0.05) is 11.3 Å². The summed E-state index contributed by atoms with van der Waals surface area (Å²) in [5, 5.41) is 12.2. The summed E-state index contributed by atoms with van der Waals surface area (Å²) in [4.78, 5) is 4.36. The molecule has 2 N–H and O–H groups in total. The molecule has 0 aliphatic rings. The number of nitrogens with one attached hydrogen (secondary N) is 1. The van der Waals surface area contributed by atoms with E-state index in [1.54, 1.807) is 30.5 Å². The molecule has 0 aliphatic carbocycles. The molecule has 0 fully saturated rings. The molecule has 0 aliphatic heterocycles. The fourth-order valence-corrected chi connectivity index (χ4v) is 1.74. The number of aromatic hydroxyl groups is 1. The van der Waals surface area contributed by atoms with Crippen LogP contribution in [0.5, 0.6) is 5.75 Å². The molecule has 3 aromatic rings. The van der Waals surface area contributed by atoms with Crippen LogP contribution in [0.1, 0.15) is 0 Å². The highest BCUT2D eigenvalue weighted by molar-refractivity contribution is 5.61. The number of benzene rings is 2. The summed E-state index contributed by atoms with van der Waals surface area (Å²) in [6.07, 6.45) is 1.61. The molecule has 94 valence electrons. The highest BCUT2D eigenvalue weighted by Gasteiger charge is 2.05. The van der Waals surface area contributed by atoms with Gasteiger partial charge in [-0.05, 0) is 24.3 Å². The zero-order chi connectivity index (χ0) is 13.1. The summed E-state index contributed by atoms with van der Waals surface area (Å²) in [6, 6.07) is 16.9. The minimum absolute atomic E-state index is 0.225. The number of hydrogen-bond acceptors (Lipinski definition) is 4. The molecule has 0 saturated carbocycles. The standard InChI is InChI=1S/C15H12N2O2/c18-13-8-6-12(7-9-13)16-15-17-14(10-19-15)11-4-2-1-3-5-11/h1-10,18H,(H,16,17). The van der Waals surface area contributed by atoms with Crippen molar-refractivity contribution >= 4 is 11.7 Å². The lowest BCUT2D eigenvalue weighted by molar-refractivity contribution is 0.475. The molecule has 0 spiro atoms. The molecule has 4 heteroatoms. The third-order valence-electron chi connectivity index (χ3n) is 2.69. The Morgan fingerprint density at radius 2 is 1.68 bits per heavy atom. The lowest BCUT2D eigenvalue weighted by atomic mass is 10.2. The fourth-order valence-electron chi connectivity index (χ4n) is 1.74. The molecule has 0 saturated heterocycles. The third kappa shape index (κ3) is 2.57. The predicted molar refractivity (Wildman–Crippen MR) is 73.3 cm³/mol. The lowest BCUT2D eigenvalue weighted by Gasteiger charge is -2.00. The van der Waals surface area contributed by atoms with Crippen LogP contribution in [0, 0.1) is 0 Å². The van der Waals surface area contributed by atoms with Crippen molar-refractivity contribution in [2.24, 2.45) is 0 Å². The van der Waals surface area contributed by atoms with Crippen molar-refractivity contribution in [1.29, 1.82) is 0 Å². The monoisotopic (exact) mass is 252 g/mol. The smallest absolute Gasteiger partial charge is 0.299 e. The molecule has 3 rings (SSSR count). The molecule has 0 amide bonds. The number of hydrogen-bond donors (Lipinski definition) is 2. The number of aromatic nitrogens is 1. The van der Waals surface area contributed by atoms with Crippen LogP contribution in [0.2, 0.25) is 0 Å². The van der Waals surface area contributed by atoms with E-state index in [1.807, 2.05) is 30.3 Å². The highest BCUT2D eigenvalue weighted by atomic mass is 16.4. The second-order valence-corrected chi connectivity index (χ2v) is 4.08. The van der Waals surface area contributed by atoms with Crippen LogP contribution in [0.25, 0.3) is 11.3 Å². The van der Waals surface area contributed by atoms with Crippen LogP contribution in [-0.4, -0.2) is 10.1 Å². The van der Waals surface area contributed by atoms with Crippen molar-refractivity contribution in [2.45, 2.75) is 0 Å². The SMILES string of the molecule is Oc1ccc(Nc2nc(-c3ccccc3)co2)cc1. The Balaban J connectivity index is 1.80. The first-order valence-corrected chi connectivity index (χ1v) is 5.88. The van der Waals surface area contributed by atoms with E-state index >= 15 is 0 Å². The molecular formula is C15H12N2O2. The molecule has 19 heavy (non-hydrogen) atoms. The van der Waals surface area contributed by atoms with Gasteiger partial charge in [0.15, 0.2) is 0 Å². The molecule has 0 bridgehead atoms. The fraction of sp³-hybridized carbons (Fsp3) is 0. The molecule has 0 radical (unpaired) electrons. The van der Waals surface area contributed by atoms with E-state index in [4.69, 9.17) is 4.42 Å². The van der Waals surface area contributed by atoms with Gasteiger partial charge in [-0.3, -0.25) is 0 Å². The van der Waals surface area contributed by atoms with Crippen LogP contribution in [-0.2, 0) is 0 Å². The van der Waals surface area contributed by atoms with Gasteiger partial charge in [-0.15, -0.1) is 0 Å². The van der Waals surface area contributed by atoms with Crippen LogP contribution in [0.15, 0.2) is 65.3 Å². The van der Waals surface area contributed by atoms with E-state index in [0.717, 1.165) is 16.9 Å². The summed E-state index contributed by atoms with van der Waals surface area (Å²) in [5.74, 6) is 0.225. The predicted octanol–water partition coefficient (Wildman–Crippen LogP) is 3.79. The van der Waals surface area contributed by atoms with Crippen molar-refractivity contribution in [2.75, 3.05) is 5.32 Å². The van der Waals surface area contributed by atoms with Crippen molar-refractivity contribution in [3.05, 3.63) is 60.9 Å². The van der Waals surface area contributed by atoms with Crippen LogP contribution in [0.3, 0.4) is 0 Å². The van der Waals surface area contributed by atoms with E-state index in [-0.39, 0.29) is 5.75 Å². The lowest BCUT2D eigenvalue weighted by Crippen LogP contribution is -1.89. The third-order valence-corrected chi connectivity index (χ3v) is 2.69. The van der Waals surface area contributed by atoms with E-state index in [2.05, 4.69) is 10.3 Å². The van der Waals surface area contributed by atoms with Crippen LogP contribution in [0.4, 0.5) is 11.7 Å². The van der Waals surface area contributed by atoms with E-state index in [9.17, 15) is 5.11 Å².